The molecule has 0 aromatic carbocycles. The lowest BCUT2D eigenvalue weighted by Crippen LogP contribution is -2.29. The Kier molecular flexibility index (Phi) is 5.00. The van der Waals surface area contributed by atoms with E-state index in [1.165, 1.54) is 12.8 Å². The fourth-order valence-corrected chi connectivity index (χ4v) is 3.57. The molecule has 0 atom stereocenters. The fraction of sp³-hybridized carbons (Fsp3) is 0.765. The molecule has 0 N–H and O–H groups in total. The number of hydrogen-bond donors (Lipinski definition) is 0. The second-order valence-electron chi connectivity index (χ2n) is 6.20. The zero-order valence-corrected chi connectivity index (χ0v) is 13.2. The van der Waals surface area contributed by atoms with E-state index >= 15 is 0 Å². The molecule has 0 spiro atoms. The molecule has 0 bridgehead atoms. The van der Waals surface area contributed by atoms with Gasteiger partial charge in [0, 0.05) is 11.6 Å². The lowest BCUT2D eigenvalue weighted by atomic mass is 9.77. The van der Waals surface area contributed by atoms with Crippen LogP contribution < -0.4 is 0 Å². The van der Waals surface area contributed by atoms with Gasteiger partial charge in [-0.3, -0.25) is 9.48 Å². The van der Waals surface area contributed by atoms with E-state index in [1.54, 1.807) is 0 Å². The SMILES string of the molecule is CCC(CC)n1ccc(CC(=O)C2(CC)CCCC2)n1. The van der Waals surface area contributed by atoms with E-state index in [4.69, 9.17) is 0 Å². The minimum Gasteiger partial charge on any atom is -0.299 e. The summed E-state index contributed by atoms with van der Waals surface area (Å²) in [6, 6.07) is 2.49. The second-order valence-corrected chi connectivity index (χ2v) is 6.20. The van der Waals surface area contributed by atoms with E-state index < -0.39 is 0 Å². The van der Waals surface area contributed by atoms with Crippen molar-refractivity contribution in [1.82, 2.24) is 9.78 Å². The van der Waals surface area contributed by atoms with E-state index in [9.17, 15) is 4.79 Å². The summed E-state index contributed by atoms with van der Waals surface area (Å²) in [5.41, 5.74) is 0.903. The first kappa shape index (κ1) is 15.3. The van der Waals surface area contributed by atoms with Gasteiger partial charge in [0.1, 0.15) is 5.78 Å². The van der Waals surface area contributed by atoms with Gasteiger partial charge in [-0.1, -0.05) is 33.6 Å². The molecule has 0 amide bonds. The van der Waals surface area contributed by atoms with Crippen LogP contribution in [0.4, 0.5) is 0 Å². The highest BCUT2D eigenvalue weighted by Crippen LogP contribution is 2.42. The Morgan fingerprint density at radius 2 is 1.95 bits per heavy atom. The Hall–Kier alpha value is -1.12. The Balaban J connectivity index is 2.05. The van der Waals surface area contributed by atoms with E-state index in [1.807, 2.05) is 16.9 Å². The first-order valence-corrected chi connectivity index (χ1v) is 8.22. The van der Waals surface area contributed by atoms with Gasteiger partial charge in [-0.2, -0.15) is 5.10 Å². The van der Waals surface area contributed by atoms with Crippen LogP contribution in [0.25, 0.3) is 0 Å². The monoisotopic (exact) mass is 276 g/mol. The van der Waals surface area contributed by atoms with Gasteiger partial charge in [-0.25, -0.2) is 0 Å². The van der Waals surface area contributed by atoms with Crippen LogP contribution in [0.15, 0.2) is 12.3 Å². The first-order chi connectivity index (χ1) is 9.65. The number of Topliss-reactive ketones (excluding diaryl/α,β-unsaturated/α-hetero) is 1. The summed E-state index contributed by atoms with van der Waals surface area (Å²) in [5, 5.41) is 4.62. The quantitative estimate of drug-likeness (QED) is 0.743. The average Bonchev–Trinajstić information content (AvgIpc) is 3.10. The normalized spacial score (nSPS) is 17.8. The first-order valence-electron chi connectivity index (χ1n) is 8.22. The van der Waals surface area contributed by atoms with Gasteiger partial charge in [0.05, 0.1) is 18.2 Å². The van der Waals surface area contributed by atoms with Crippen LogP contribution in [-0.4, -0.2) is 15.6 Å². The van der Waals surface area contributed by atoms with Crippen molar-refractivity contribution in [3.63, 3.8) is 0 Å². The van der Waals surface area contributed by atoms with Crippen LogP contribution in [0.5, 0.6) is 0 Å². The smallest absolute Gasteiger partial charge is 0.145 e. The zero-order valence-electron chi connectivity index (χ0n) is 13.2. The average molecular weight is 276 g/mol. The predicted octanol–water partition coefficient (Wildman–Crippen LogP) is 4.33. The highest BCUT2D eigenvalue weighted by molar-refractivity contribution is 5.86. The molecule has 1 fully saturated rings. The molecule has 3 heteroatoms. The maximum atomic E-state index is 12.6. The molecule has 0 unspecified atom stereocenters. The number of ketones is 1. The van der Waals surface area contributed by atoms with Crippen molar-refractivity contribution >= 4 is 5.78 Å². The Morgan fingerprint density at radius 3 is 2.50 bits per heavy atom. The van der Waals surface area contributed by atoms with Crippen molar-refractivity contribution in [2.75, 3.05) is 0 Å². The van der Waals surface area contributed by atoms with Crippen LogP contribution in [-0.2, 0) is 11.2 Å². The minimum atomic E-state index is -0.0430. The summed E-state index contributed by atoms with van der Waals surface area (Å²) < 4.78 is 2.04. The topological polar surface area (TPSA) is 34.9 Å². The third-order valence-electron chi connectivity index (χ3n) is 5.15. The Morgan fingerprint density at radius 1 is 1.30 bits per heavy atom. The molecular weight excluding hydrogens is 248 g/mol. The molecule has 2 rings (SSSR count). The largest absolute Gasteiger partial charge is 0.299 e. The summed E-state index contributed by atoms with van der Waals surface area (Å²) in [5.74, 6) is 0.410. The number of carbonyl (C=O) groups excluding carboxylic acids is 1. The molecule has 3 nitrogen and oxygen atoms in total. The van der Waals surface area contributed by atoms with Crippen LogP contribution in [0.1, 0.15) is 77.5 Å². The lowest BCUT2D eigenvalue weighted by molar-refractivity contribution is -0.128. The number of hydrogen-bond acceptors (Lipinski definition) is 2. The molecule has 112 valence electrons. The van der Waals surface area contributed by atoms with Crippen molar-refractivity contribution in [2.45, 2.75) is 78.2 Å². The van der Waals surface area contributed by atoms with Gasteiger partial charge in [0.15, 0.2) is 0 Å². The Bertz CT molecular complexity index is 440. The molecule has 1 saturated carbocycles. The van der Waals surface area contributed by atoms with E-state index in [2.05, 4.69) is 25.9 Å². The molecule has 1 aromatic rings. The van der Waals surface area contributed by atoms with Gasteiger partial charge < -0.3 is 0 Å². The fourth-order valence-electron chi connectivity index (χ4n) is 3.57. The summed E-state index contributed by atoms with van der Waals surface area (Å²) in [6.45, 7) is 6.53. The number of aromatic nitrogens is 2. The lowest BCUT2D eigenvalue weighted by Gasteiger charge is -2.25. The maximum Gasteiger partial charge on any atom is 0.145 e. The minimum absolute atomic E-state index is 0.0430. The van der Waals surface area contributed by atoms with Gasteiger partial charge in [-0.15, -0.1) is 0 Å². The molecular formula is C17H28N2O. The van der Waals surface area contributed by atoms with E-state index in [-0.39, 0.29) is 5.41 Å². The number of rotatable bonds is 7. The molecule has 1 aliphatic carbocycles. The third kappa shape index (κ3) is 2.97. The molecule has 0 saturated heterocycles. The molecule has 0 radical (unpaired) electrons. The van der Waals surface area contributed by atoms with Crippen LogP contribution in [0.2, 0.25) is 0 Å². The highest BCUT2D eigenvalue weighted by atomic mass is 16.1. The van der Waals surface area contributed by atoms with Crippen LogP contribution >= 0.6 is 0 Å². The third-order valence-corrected chi connectivity index (χ3v) is 5.15. The molecule has 20 heavy (non-hydrogen) atoms. The Labute approximate surface area is 122 Å². The number of nitrogens with zero attached hydrogens (tertiary/aromatic N) is 2. The van der Waals surface area contributed by atoms with Gasteiger partial charge in [0.25, 0.3) is 0 Å². The van der Waals surface area contributed by atoms with E-state index in [0.717, 1.165) is 37.8 Å². The summed E-state index contributed by atoms with van der Waals surface area (Å²) >= 11 is 0. The maximum absolute atomic E-state index is 12.6. The van der Waals surface area contributed by atoms with Gasteiger partial charge >= 0.3 is 0 Å². The van der Waals surface area contributed by atoms with Crippen molar-refractivity contribution in [3.05, 3.63) is 18.0 Å². The molecule has 1 aliphatic rings. The zero-order chi connectivity index (χ0) is 14.6. The van der Waals surface area contributed by atoms with Gasteiger partial charge in [-0.05, 0) is 38.2 Å². The molecule has 1 heterocycles. The van der Waals surface area contributed by atoms with E-state index in [0.29, 0.717) is 18.2 Å². The number of carbonyl (C=O) groups is 1. The summed E-state index contributed by atoms with van der Waals surface area (Å²) in [6.07, 6.45) is 10.3. The van der Waals surface area contributed by atoms with Crippen molar-refractivity contribution in [2.24, 2.45) is 5.41 Å². The second kappa shape index (κ2) is 6.55. The van der Waals surface area contributed by atoms with Crippen molar-refractivity contribution in [1.29, 1.82) is 0 Å². The molecule has 1 aromatic heterocycles. The van der Waals surface area contributed by atoms with Gasteiger partial charge in [0.2, 0.25) is 0 Å². The standard InChI is InChI=1S/C17H28N2O/c1-4-15(5-2)19-12-9-14(18-19)13-16(20)17(6-3)10-7-8-11-17/h9,12,15H,4-8,10-11,13H2,1-3H3. The summed E-state index contributed by atoms with van der Waals surface area (Å²) in [7, 11) is 0. The predicted molar refractivity (Wildman–Crippen MR) is 81.7 cm³/mol. The molecule has 0 aliphatic heterocycles. The van der Waals surface area contributed by atoms with Crippen molar-refractivity contribution in [3.8, 4) is 0 Å². The highest BCUT2D eigenvalue weighted by Gasteiger charge is 2.38. The van der Waals surface area contributed by atoms with Crippen LogP contribution in [0, 0.1) is 5.41 Å². The van der Waals surface area contributed by atoms with Crippen LogP contribution in [0.3, 0.4) is 0 Å². The van der Waals surface area contributed by atoms with Crippen molar-refractivity contribution < 1.29 is 4.79 Å². The summed E-state index contributed by atoms with van der Waals surface area (Å²) in [4.78, 5) is 12.6.